The van der Waals surface area contributed by atoms with Gasteiger partial charge in [-0.25, -0.2) is 0 Å². The number of nitrogens with zero attached hydrogens (tertiary/aromatic N) is 3. The summed E-state index contributed by atoms with van der Waals surface area (Å²) in [6.45, 7) is 0.293. The summed E-state index contributed by atoms with van der Waals surface area (Å²) in [5.41, 5.74) is 0.958. The molecule has 0 fully saturated rings. The van der Waals surface area contributed by atoms with E-state index in [1.165, 1.54) is 0 Å². The van der Waals surface area contributed by atoms with E-state index in [1.807, 2.05) is 22.8 Å². The van der Waals surface area contributed by atoms with E-state index in [4.69, 9.17) is 9.47 Å². The zero-order chi connectivity index (χ0) is 9.38. The summed E-state index contributed by atoms with van der Waals surface area (Å²) in [6.07, 6.45) is 3.27. The Morgan fingerprint density at radius 2 is 1.86 bits per heavy atom. The lowest BCUT2D eigenvalue weighted by atomic mass is 10.3. The molecule has 3 rings (SSSR count). The molecule has 0 radical (unpaired) electrons. The van der Waals surface area contributed by atoms with Crippen LogP contribution >= 0.6 is 0 Å². The highest BCUT2D eigenvalue weighted by molar-refractivity contribution is 5.49. The molecule has 1 aliphatic heterocycles. The molecule has 2 aromatic rings. The van der Waals surface area contributed by atoms with Crippen LogP contribution in [0.2, 0.25) is 0 Å². The van der Waals surface area contributed by atoms with Crippen molar-refractivity contribution in [2.24, 2.45) is 0 Å². The van der Waals surface area contributed by atoms with Gasteiger partial charge in [-0.2, -0.15) is 0 Å². The fourth-order valence-corrected chi connectivity index (χ4v) is 1.38. The van der Waals surface area contributed by atoms with Gasteiger partial charge in [0.25, 0.3) is 0 Å². The maximum Gasteiger partial charge on any atom is 0.231 e. The van der Waals surface area contributed by atoms with Gasteiger partial charge in [0.1, 0.15) is 12.7 Å². The Bertz CT molecular complexity index is 453. The molecule has 5 nitrogen and oxygen atoms in total. The largest absolute Gasteiger partial charge is 0.454 e. The summed E-state index contributed by atoms with van der Waals surface area (Å²) in [7, 11) is 0. The summed E-state index contributed by atoms with van der Waals surface area (Å²) in [6, 6.07) is 5.69. The lowest BCUT2D eigenvalue weighted by Crippen LogP contribution is -1.93. The first-order valence-corrected chi connectivity index (χ1v) is 4.18. The highest BCUT2D eigenvalue weighted by Gasteiger charge is 2.13. The van der Waals surface area contributed by atoms with Crippen LogP contribution in [0.5, 0.6) is 11.5 Å². The van der Waals surface area contributed by atoms with Crippen molar-refractivity contribution < 1.29 is 9.47 Å². The molecule has 1 aliphatic rings. The number of fused-ring (bicyclic) bond motifs is 1. The number of hydrogen-bond donors (Lipinski definition) is 0. The summed E-state index contributed by atoms with van der Waals surface area (Å²) >= 11 is 0. The molecule has 0 N–H and O–H groups in total. The second-order valence-electron chi connectivity index (χ2n) is 2.91. The van der Waals surface area contributed by atoms with E-state index in [2.05, 4.69) is 10.2 Å². The zero-order valence-corrected chi connectivity index (χ0v) is 7.25. The SMILES string of the molecule is c1cc2c(cc1-n1cnnc1)OCO2. The Kier molecular flexibility index (Phi) is 1.44. The summed E-state index contributed by atoms with van der Waals surface area (Å²) in [4.78, 5) is 0. The molecule has 1 aromatic carbocycles. The Balaban J connectivity index is 2.09. The highest BCUT2D eigenvalue weighted by Crippen LogP contribution is 2.33. The third kappa shape index (κ3) is 1.02. The molecular weight excluding hydrogens is 182 g/mol. The first kappa shape index (κ1) is 7.37. The van der Waals surface area contributed by atoms with Gasteiger partial charge in [0.15, 0.2) is 11.5 Å². The fourth-order valence-electron chi connectivity index (χ4n) is 1.38. The molecule has 0 atom stereocenters. The smallest absolute Gasteiger partial charge is 0.231 e. The molecule has 1 aromatic heterocycles. The van der Waals surface area contributed by atoms with E-state index >= 15 is 0 Å². The molecule has 0 unspecified atom stereocenters. The Morgan fingerprint density at radius 1 is 1.07 bits per heavy atom. The van der Waals surface area contributed by atoms with Crippen molar-refractivity contribution in [3.05, 3.63) is 30.9 Å². The average Bonchev–Trinajstić information content (AvgIpc) is 2.88. The first-order chi connectivity index (χ1) is 6.93. The second kappa shape index (κ2) is 2.73. The fraction of sp³-hybridized carbons (Fsp3) is 0.111. The average molecular weight is 189 g/mol. The van der Waals surface area contributed by atoms with Crippen LogP contribution in [-0.4, -0.2) is 21.6 Å². The van der Waals surface area contributed by atoms with Crippen LogP contribution in [0.15, 0.2) is 30.9 Å². The van der Waals surface area contributed by atoms with Gasteiger partial charge >= 0.3 is 0 Å². The van der Waals surface area contributed by atoms with Crippen molar-refractivity contribution >= 4 is 0 Å². The Morgan fingerprint density at radius 3 is 2.71 bits per heavy atom. The van der Waals surface area contributed by atoms with Crippen molar-refractivity contribution in [2.75, 3.05) is 6.79 Å². The molecule has 0 saturated heterocycles. The standard InChI is InChI=1S/C9H7N3O2/c1-2-8-9(14-6-13-8)3-7(1)12-4-10-11-5-12/h1-5H,6H2. The zero-order valence-electron chi connectivity index (χ0n) is 7.25. The lowest BCUT2D eigenvalue weighted by Gasteiger charge is -2.01. The van der Waals surface area contributed by atoms with Crippen LogP contribution in [0, 0.1) is 0 Å². The predicted octanol–water partition coefficient (Wildman–Crippen LogP) is 0.996. The molecule has 0 saturated carbocycles. The molecule has 5 heteroatoms. The highest BCUT2D eigenvalue weighted by atomic mass is 16.7. The lowest BCUT2D eigenvalue weighted by molar-refractivity contribution is 0.174. The van der Waals surface area contributed by atoms with Gasteiger partial charge in [-0.1, -0.05) is 0 Å². The van der Waals surface area contributed by atoms with Crippen molar-refractivity contribution in [3.8, 4) is 17.2 Å². The predicted molar refractivity (Wildman–Crippen MR) is 47.5 cm³/mol. The number of rotatable bonds is 1. The molecular formula is C9H7N3O2. The van der Waals surface area contributed by atoms with Crippen LogP contribution in [-0.2, 0) is 0 Å². The molecule has 0 amide bonds. The normalized spacial score (nSPS) is 13.1. The third-order valence-electron chi connectivity index (χ3n) is 2.07. The van der Waals surface area contributed by atoms with E-state index in [0.29, 0.717) is 6.79 Å². The van der Waals surface area contributed by atoms with Gasteiger partial charge in [-0.15, -0.1) is 10.2 Å². The van der Waals surface area contributed by atoms with E-state index in [9.17, 15) is 0 Å². The van der Waals surface area contributed by atoms with Gasteiger partial charge in [-0.3, -0.25) is 4.57 Å². The molecule has 70 valence electrons. The Hall–Kier alpha value is -2.04. The van der Waals surface area contributed by atoms with Gasteiger partial charge in [0.2, 0.25) is 6.79 Å². The minimum Gasteiger partial charge on any atom is -0.454 e. The number of hydrogen-bond acceptors (Lipinski definition) is 4. The summed E-state index contributed by atoms with van der Waals surface area (Å²) in [5.74, 6) is 1.54. The van der Waals surface area contributed by atoms with Crippen LogP contribution < -0.4 is 9.47 Å². The van der Waals surface area contributed by atoms with Gasteiger partial charge in [-0.05, 0) is 12.1 Å². The van der Waals surface area contributed by atoms with Crippen molar-refractivity contribution in [1.29, 1.82) is 0 Å². The van der Waals surface area contributed by atoms with Crippen molar-refractivity contribution in [3.63, 3.8) is 0 Å². The maximum absolute atomic E-state index is 5.26. The topological polar surface area (TPSA) is 49.2 Å². The molecule has 0 aliphatic carbocycles. The maximum atomic E-state index is 5.26. The van der Waals surface area contributed by atoms with E-state index in [-0.39, 0.29) is 0 Å². The van der Waals surface area contributed by atoms with Crippen LogP contribution in [0.3, 0.4) is 0 Å². The minimum atomic E-state index is 0.293. The minimum absolute atomic E-state index is 0.293. The molecule has 2 heterocycles. The van der Waals surface area contributed by atoms with Crippen LogP contribution in [0.4, 0.5) is 0 Å². The summed E-state index contributed by atoms with van der Waals surface area (Å²) in [5, 5.41) is 7.47. The van der Waals surface area contributed by atoms with Crippen LogP contribution in [0.1, 0.15) is 0 Å². The molecule has 0 spiro atoms. The third-order valence-corrected chi connectivity index (χ3v) is 2.07. The van der Waals surface area contributed by atoms with Crippen molar-refractivity contribution in [1.82, 2.24) is 14.8 Å². The first-order valence-electron chi connectivity index (χ1n) is 4.18. The van der Waals surface area contributed by atoms with E-state index < -0.39 is 0 Å². The molecule has 0 bridgehead atoms. The van der Waals surface area contributed by atoms with Gasteiger partial charge in [0.05, 0.1) is 5.69 Å². The molecule has 14 heavy (non-hydrogen) atoms. The monoisotopic (exact) mass is 189 g/mol. The van der Waals surface area contributed by atoms with Gasteiger partial charge in [0, 0.05) is 6.07 Å². The summed E-state index contributed by atoms with van der Waals surface area (Å²) < 4.78 is 12.3. The van der Waals surface area contributed by atoms with Crippen LogP contribution in [0.25, 0.3) is 5.69 Å². The quantitative estimate of drug-likeness (QED) is 0.671. The van der Waals surface area contributed by atoms with E-state index in [1.54, 1.807) is 12.7 Å². The van der Waals surface area contributed by atoms with E-state index in [0.717, 1.165) is 17.2 Å². The second-order valence-corrected chi connectivity index (χ2v) is 2.91. The number of aromatic nitrogens is 3. The Labute approximate surface area is 79.9 Å². The number of ether oxygens (including phenoxy) is 2. The van der Waals surface area contributed by atoms with Crippen molar-refractivity contribution in [2.45, 2.75) is 0 Å². The van der Waals surface area contributed by atoms with Gasteiger partial charge < -0.3 is 9.47 Å². The number of benzene rings is 1.